The first-order valence-corrected chi connectivity index (χ1v) is 6.35. The van der Waals surface area contributed by atoms with Crippen molar-refractivity contribution in [2.75, 3.05) is 13.2 Å². The van der Waals surface area contributed by atoms with Crippen LogP contribution >= 0.6 is 0 Å². The van der Waals surface area contributed by atoms with Crippen molar-refractivity contribution >= 4 is 0 Å². The van der Waals surface area contributed by atoms with Crippen LogP contribution in [0.3, 0.4) is 0 Å². The summed E-state index contributed by atoms with van der Waals surface area (Å²) in [5.41, 5.74) is 0.962. The molecule has 1 saturated heterocycles. The standard InChI is InChI=1S/C14H18O3/c15-14(11-7-8-16-9-11)10-1-3-12(4-2-10)17-13-5-6-13/h1-4,11,13-15H,5-9H2. The molecule has 2 aliphatic rings. The lowest BCUT2D eigenvalue weighted by atomic mass is 9.95. The Kier molecular flexibility index (Phi) is 3.04. The van der Waals surface area contributed by atoms with E-state index >= 15 is 0 Å². The van der Waals surface area contributed by atoms with Crippen molar-refractivity contribution in [3.05, 3.63) is 29.8 Å². The summed E-state index contributed by atoms with van der Waals surface area (Å²) in [6.45, 7) is 1.44. The van der Waals surface area contributed by atoms with Gasteiger partial charge in [0.25, 0.3) is 0 Å². The average molecular weight is 234 g/mol. The van der Waals surface area contributed by atoms with Crippen molar-refractivity contribution in [3.63, 3.8) is 0 Å². The van der Waals surface area contributed by atoms with E-state index in [4.69, 9.17) is 9.47 Å². The number of hydrogen-bond acceptors (Lipinski definition) is 3. The normalized spacial score (nSPS) is 25.8. The lowest BCUT2D eigenvalue weighted by Gasteiger charge is -2.17. The highest BCUT2D eigenvalue weighted by Crippen LogP contribution is 2.31. The first kappa shape index (κ1) is 11.1. The summed E-state index contributed by atoms with van der Waals surface area (Å²) in [6.07, 6.45) is 3.30. The van der Waals surface area contributed by atoms with Gasteiger partial charge in [-0.25, -0.2) is 0 Å². The fourth-order valence-corrected chi connectivity index (χ4v) is 2.20. The Hall–Kier alpha value is -1.06. The van der Waals surface area contributed by atoms with Crippen LogP contribution in [0, 0.1) is 5.92 Å². The van der Waals surface area contributed by atoms with E-state index in [1.54, 1.807) is 0 Å². The molecule has 1 saturated carbocycles. The van der Waals surface area contributed by atoms with Crippen LogP contribution in [0.5, 0.6) is 5.75 Å². The Morgan fingerprint density at radius 2 is 1.94 bits per heavy atom. The van der Waals surface area contributed by atoms with Gasteiger partial charge in [-0.1, -0.05) is 12.1 Å². The van der Waals surface area contributed by atoms with Gasteiger partial charge in [0.05, 0.1) is 18.8 Å². The van der Waals surface area contributed by atoms with E-state index in [1.165, 1.54) is 12.8 Å². The second kappa shape index (κ2) is 4.67. The highest BCUT2D eigenvalue weighted by Gasteiger charge is 2.26. The van der Waals surface area contributed by atoms with Crippen molar-refractivity contribution in [2.45, 2.75) is 31.5 Å². The fraction of sp³-hybridized carbons (Fsp3) is 0.571. The minimum atomic E-state index is -0.410. The first-order chi connectivity index (χ1) is 8.33. The van der Waals surface area contributed by atoms with E-state index in [-0.39, 0.29) is 5.92 Å². The number of rotatable bonds is 4. The maximum Gasteiger partial charge on any atom is 0.119 e. The van der Waals surface area contributed by atoms with E-state index < -0.39 is 6.10 Å². The largest absolute Gasteiger partial charge is 0.490 e. The Morgan fingerprint density at radius 3 is 2.53 bits per heavy atom. The van der Waals surface area contributed by atoms with Crippen molar-refractivity contribution < 1.29 is 14.6 Å². The second-order valence-corrected chi connectivity index (χ2v) is 4.95. The second-order valence-electron chi connectivity index (χ2n) is 4.95. The summed E-state index contributed by atoms with van der Waals surface area (Å²) < 4.78 is 11.0. The minimum Gasteiger partial charge on any atom is -0.490 e. The monoisotopic (exact) mass is 234 g/mol. The number of hydrogen-bond donors (Lipinski definition) is 1. The summed E-state index contributed by atoms with van der Waals surface area (Å²) in [5.74, 6) is 1.15. The molecule has 92 valence electrons. The van der Waals surface area contributed by atoms with Gasteiger partial charge in [-0.3, -0.25) is 0 Å². The van der Waals surface area contributed by atoms with Gasteiger partial charge < -0.3 is 14.6 Å². The molecule has 3 heteroatoms. The molecule has 2 atom stereocenters. The van der Waals surface area contributed by atoms with Crippen LogP contribution in [0.1, 0.15) is 30.9 Å². The fourth-order valence-electron chi connectivity index (χ4n) is 2.20. The van der Waals surface area contributed by atoms with Crippen molar-refractivity contribution in [1.82, 2.24) is 0 Å². The molecule has 1 aromatic carbocycles. The quantitative estimate of drug-likeness (QED) is 0.868. The molecule has 1 aliphatic carbocycles. The van der Waals surface area contributed by atoms with E-state index in [0.29, 0.717) is 12.7 Å². The molecule has 1 heterocycles. The molecule has 0 spiro atoms. The average Bonchev–Trinajstić information content (AvgIpc) is 3.00. The topological polar surface area (TPSA) is 38.7 Å². The molecule has 17 heavy (non-hydrogen) atoms. The molecule has 1 N–H and O–H groups in total. The molecule has 3 rings (SSSR count). The number of aliphatic hydroxyl groups excluding tert-OH is 1. The predicted octanol–water partition coefficient (Wildman–Crippen LogP) is 2.30. The number of aliphatic hydroxyl groups is 1. The molecular weight excluding hydrogens is 216 g/mol. The van der Waals surface area contributed by atoms with Gasteiger partial charge in [-0.15, -0.1) is 0 Å². The molecular formula is C14H18O3. The summed E-state index contributed by atoms with van der Waals surface area (Å²) >= 11 is 0. The lowest BCUT2D eigenvalue weighted by Crippen LogP contribution is -2.12. The van der Waals surface area contributed by atoms with Crippen LogP contribution in [-0.4, -0.2) is 24.4 Å². The Bertz CT molecular complexity index is 364. The summed E-state index contributed by atoms with van der Waals surface area (Å²) in [6, 6.07) is 7.82. The van der Waals surface area contributed by atoms with Crippen molar-refractivity contribution in [1.29, 1.82) is 0 Å². The van der Waals surface area contributed by atoms with Crippen LogP contribution in [0.25, 0.3) is 0 Å². The Balaban J connectivity index is 1.65. The molecule has 1 aromatic rings. The number of ether oxygens (including phenoxy) is 2. The third-order valence-electron chi connectivity index (χ3n) is 3.46. The highest BCUT2D eigenvalue weighted by atomic mass is 16.5. The van der Waals surface area contributed by atoms with Gasteiger partial charge in [-0.05, 0) is 37.0 Å². The zero-order chi connectivity index (χ0) is 11.7. The predicted molar refractivity (Wildman–Crippen MR) is 64.0 cm³/mol. The van der Waals surface area contributed by atoms with E-state index in [9.17, 15) is 5.11 Å². The maximum absolute atomic E-state index is 10.2. The maximum atomic E-state index is 10.2. The van der Waals surface area contributed by atoms with Crippen LogP contribution in [0.4, 0.5) is 0 Å². The van der Waals surface area contributed by atoms with Crippen molar-refractivity contribution in [2.24, 2.45) is 5.92 Å². The van der Waals surface area contributed by atoms with E-state index in [2.05, 4.69) is 0 Å². The SMILES string of the molecule is OC(c1ccc(OC2CC2)cc1)C1CCOC1. The Morgan fingerprint density at radius 1 is 1.18 bits per heavy atom. The molecule has 0 bridgehead atoms. The van der Waals surface area contributed by atoms with Crippen LogP contribution in [0.2, 0.25) is 0 Å². The van der Waals surface area contributed by atoms with Gasteiger partial charge in [0.1, 0.15) is 5.75 Å². The highest BCUT2D eigenvalue weighted by molar-refractivity contribution is 5.29. The van der Waals surface area contributed by atoms with Gasteiger partial charge in [0, 0.05) is 12.5 Å². The van der Waals surface area contributed by atoms with E-state index in [1.807, 2.05) is 24.3 Å². The van der Waals surface area contributed by atoms with Gasteiger partial charge in [0.15, 0.2) is 0 Å². The van der Waals surface area contributed by atoms with Crippen LogP contribution in [-0.2, 0) is 4.74 Å². The molecule has 0 amide bonds. The summed E-state index contributed by atoms with van der Waals surface area (Å²) in [4.78, 5) is 0. The van der Waals surface area contributed by atoms with Gasteiger partial charge in [-0.2, -0.15) is 0 Å². The lowest BCUT2D eigenvalue weighted by molar-refractivity contribution is 0.0917. The first-order valence-electron chi connectivity index (χ1n) is 6.35. The molecule has 3 nitrogen and oxygen atoms in total. The summed E-state index contributed by atoms with van der Waals surface area (Å²) in [7, 11) is 0. The molecule has 1 aliphatic heterocycles. The zero-order valence-electron chi connectivity index (χ0n) is 9.84. The zero-order valence-corrected chi connectivity index (χ0v) is 9.84. The van der Waals surface area contributed by atoms with Crippen molar-refractivity contribution in [3.8, 4) is 5.75 Å². The van der Waals surface area contributed by atoms with Crippen LogP contribution in [0.15, 0.2) is 24.3 Å². The molecule has 2 unspecified atom stereocenters. The molecule has 0 radical (unpaired) electrons. The summed E-state index contributed by atoms with van der Waals surface area (Å²) in [5, 5.41) is 10.2. The third kappa shape index (κ3) is 2.61. The van der Waals surface area contributed by atoms with Gasteiger partial charge >= 0.3 is 0 Å². The number of benzene rings is 1. The smallest absolute Gasteiger partial charge is 0.119 e. The molecule has 2 fully saturated rings. The van der Waals surface area contributed by atoms with Gasteiger partial charge in [0.2, 0.25) is 0 Å². The Labute approximate surface area is 101 Å². The molecule has 0 aromatic heterocycles. The van der Waals surface area contributed by atoms with Crippen LogP contribution < -0.4 is 4.74 Å². The minimum absolute atomic E-state index is 0.241. The van der Waals surface area contributed by atoms with E-state index in [0.717, 1.165) is 24.3 Å². The third-order valence-corrected chi connectivity index (χ3v) is 3.46.